The lowest BCUT2D eigenvalue weighted by molar-refractivity contribution is 1.04. The van der Waals surface area contributed by atoms with Gasteiger partial charge in [0.1, 0.15) is 0 Å². The molecule has 2 aliphatic carbocycles. The van der Waals surface area contributed by atoms with E-state index in [0.29, 0.717) is 0 Å². The van der Waals surface area contributed by atoms with Crippen molar-refractivity contribution in [1.29, 1.82) is 0 Å². The van der Waals surface area contributed by atoms with Crippen molar-refractivity contribution in [3.63, 3.8) is 0 Å². The van der Waals surface area contributed by atoms with Gasteiger partial charge in [-0.3, -0.25) is 0 Å². The summed E-state index contributed by atoms with van der Waals surface area (Å²) in [4.78, 5) is 2.54. The highest BCUT2D eigenvalue weighted by atomic mass is 15.1. The molecule has 0 atom stereocenters. The van der Waals surface area contributed by atoms with E-state index in [0.717, 1.165) is 42.7 Å². The molecule has 11 aromatic rings. The van der Waals surface area contributed by atoms with E-state index in [1.807, 2.05) is 0 Å². The molecule has 0 saturated heterocycles. The second-order valence-corrected chi connectivity index (χ2v) is 18.1. The predicted octanol–water partition coefficient (Wildman–Crippen LogP) is 18.9. The van der Waals surface area contributed by atoms with E-state index in [2.05, 4.69) is 242 Å². The monoisotopic (exact) mass is 853 g/mol. The number of anilines is 3. The molecule has 0 N–H and O–H groups in total. The maximum atomic E-state index is 2.54. The molecule has 0 spiro atoms. The summed E-state index contributed by atoms with van der Waals surface area (Å²) in [7, 11) is 0. The number of hydrogen-bond donors (Lipinski definition) is 0. The van der Waals surface area contributed by atoms with Crippen molar-refractivity contribution >= 4 is 92.8 Å². The van der Waals surface area contributed by atoms with Crippen LogP contribution >= 0.6 is 0 Å². The first-order valence-corrected chi connectivity index (χ1v) is 23.8. The summed E-state index contributed by atoms with van der Waals surface area (Å²) in [6.07, 6.45) is 18.2. The van der Waals surface area contributed by atoms with Crippen molar-refractivity contribution in [1.82, 2.24) is 0 Å². The fourth-order valence-corrected chi connectivity index (χ4v) is 11.3. The highest BCUT2D eigenvalue weighted by molar-refractivity contribution is 6.32. The van der Waals surface area contributed by atoms with Gasteiger partial charge < -0.3 is 4.90 Å². The molecule has 0 bridgehead atoms. The Morgan fingerprint density at radius 2 is 1.04 bits per heavy atom. The first-order valence-electron chi connectivity index (χ1n) is 23.8. The van der Waals surface area contributed by atoms with Crippen LogP contribution in [0.25, 0.3) is 98.0 Å². The van der Waals surface area contributed by atoms with Crippen molar-refractivity contribution in [2.45, 2.75) is 25.7 Å². The molecular weight excluding hydrogens is 807 g/mol. The van der Waals surface area contributed by atoms with E-state index in [1.165, 1.54) is 109 Å². The minimum atomic E-state index is 1.01. The molecule has 0 unspecified atom stereocenters. The molecule has 2 aliphatic rings. The zero-order valence-corrected chi connectivity index (χ0v) is 37.3. The van der Waals surface area contributed by atoms with E-state index in [4.69, 9.17) is 0 Å². The lowest BCUT2D eigenvalue weighted by Crippen LogP contribution is -2.12. The number of para-hydroxylation sites is 1. The zero-order chi connectivity index (χ0) is 44.3. The molecule has 1 heteroatoms. The van der Waals surface area contributed by atoms with Gasteiger partial charge in [-0.1, -0.05) is 206 Å². The first-order chi connectivity index (χ1) is 33.3. The molecule has 67 heavy (non-hydrogen) atoms. The molecule has 11 aromatic carbocycles. The molecule has 13 rings (SSSR count). The fraction of sp³-hybridized carbons (Fsp3) is 0.0606. The molecule has 0 aromatic heterocycles. The summed E-state index contributed by atoms with van der Waals surface area (Å²) in [5, 5.41) is 15.1. The van der Waals surface area contributed by atoms with Gasteiger partial charge in [0.05, 0.1) is 11.4 Å². The van der Waals surface area contributed by atoms with Gasteiger partial charge in [0, 0.05) is 16.6 Å². The average Bonchev–Trinajstić information content (AvgIpc) is 3.41. The third-order valence-corrected chi connectivity index (χ3v) is 14.3. The second kappa shape index (κ2) is 16.3. The van der Waals surface area contributed by atoms with Gasteiger partial charge >= 0.3 is 0 Å². The van der Waals surface area contributed by atoms with Crippen LogP contribution in [0, 0.1) is 0 Å². The van der Waals surface area contributed by atoms with Crippen molar-refractivity contribution in [2.24, 2.45) is 0 Å². The van der Waals surface area contributed by atoms with E-state index in [-0.39, 0.29) is 0 Å². The Kier molecular flexibility index (Phi) is 9.53. The quantitative estimate of drug-likeness (QED) is 0.144. The summed E-state index contributed by atoms with van der Waals surface area (Å²) in [5.41, 5.74) is 13.7. The van der Waals surface area contributed by atoms with Gasteiger partial charge in [0.25, 0.3) is 0 Å². The van der Waals surface area contributed by atoms with Crippen molar-refractivity contribution in [3.05, 3.63) is 248 Å². The summed E-state index contributed by atoms with van der Waals surface area (Å²) in [6, 6.07) is 74.8. The minimum Gasteiger partial charge on any atom is -0.309 e. The Morgan fingerprint density at radius 3 is 1.85 bits per heavy atom. The van der Waals surface area contributed by atoms with Gasteiger partial charge in [-0.2, -0.15) is 0 Å². The molecule has 1 nitrogen and oxygen atoms in total. The van der Waals surface area contributed by atoms with Crippen LogP contribution in [0.5, 0.6) is 0 Å². The smallest absolute Gasteiger partial charge is 0.0546 e. The van der Waals surface area contributed by atoms with Crippen LogP contribution in [0.2, 0.25) is 0 Å². The van der Waals surface area contributed by atoms with Gasteiger partial charge in [-0.15, -0.1) is 0 Å². The van der Waals surface area contributed by atoms with Gasteiger partial charge in [0.15, 0.2) is 0 Å². The minimum absolute atomic E-state index is 1.01. The van der Waals surface area contributed by atoms with Crippen LogP contribution in [0.3, 0.4) is 0 Å². The van der Waals surface area contributed by atoms with Crippen molar-refractivity contribution in [3.8, 4) is 22.3 Å². The van der Waals surface area contributed by atoms with E-state index >= 15 is 0 Å². The van der Waals surface area contributed by atoms with Gasteiger partial charge in [-0.05, 0) is 154 Å². The Morgan fingerprint density at radius 1 is 0.373 bits per heavy atom. The van der Waals surface area contributed by atoms with Crippen LogP contribution in [0.15, 0.2) is 237 Å². The Labute approximate surface area is 391 Å². The van der Waals surface area contributed by atoms with E-state index < -0.39 is 0 Å². The largest absolute Gasteiger partial charge is 0.309 e. The van der Waals surface area contributed by atoms with Crippen molar-refractivity contribution < 1.29 is 0 Å². The summed E-state index contributed by atoms with van der Waals surface area (Å²) >= 11 is 0. The molecule has 0 fully saturated rings. The second-order valence-electron chi connectivity index (χ2n) is 18.1. The van der Waals surface area contributed by atoms with Crippen LogP contribution in [0.1, 0.15) is 36.8 Å². The molecule has 0 radical (unpaired) electrons. The molecule has 0 amide bonds. The number of fused-ring (bicyclic) bond motifs is 10. The topological polar surface area (TPSA) is 3.24 Å². The Hall–Kier alpha value is -8.26. The van der Waals surface area contributed by atoms with E-state index in [1.54, 1.807) is 0 Å². The summed E-state index contributed by atoms with van der Waals surface area (Å²) < 4.78 is 0. The normalized spacial score (nSPS) is 13.8. The van der Waals surface area contributed by atoms with Crippen LogP contribution in [-0.2, 0) is 0 Å². The lowest BCUT2D eigenvalue weighted by atomic mass is 9.79. The zero-order valence-electron chi connectivity index (χ0n) is 37.3. The summed E-state index contributed by atoms with van der Waals surface area (Å²) in [6.45, 7) is 0. The van der Waals surface area contributed by atoms with Gasteiger partial charge in [-0.25, -0.2) is 0 Å². The highest BCUT2D eigenvalue weighted by Gasteiger charge is 2.26. The summed E-state index contributed by atoms with van der Waals surface area (Å²) in [5.74, 6) is 0. The lowest BCUT2D eigenvalue weighted by Gasteiger charge is -2.30. The van der Waals surface area contributed by atoms with Gasteiger partial charge in [0.2, 0.25) is 0 Å². The number of allylic oxidation sites excluding steroid dienone is 8. The molecular formula is C66H47N. The molecule has 0 heterocycles. The highest BCUT2D eigenvalue weighted by Crippen LogP contribution is 2.51. The molecule has 316 valence electrons. The molecule has 0 saturated carbocycles. The number of hydrogen-bond acceptors (Lipinski definition) is 1. The maximum absolute atomic E-state index is 2.54. The Balaban J connectivity index is 1.18. The number of nitrogens with zero attached hydrogens (tertiary/aromatic N) is 1. The maximum Gasteiger partial charge on any atom is 0.0546 e. The predicted molar refractivity (Wildman–Crippen MR) is 290 cm³/mol. The third kappa shape index (κ3) is 6.53. The van der Waals surface area contributed by atoms with Crippen LogP contribution in [0.4, 0.5) is 17.1 Å². The Bertz CT molecular complexity index is 3910. The van der Waals surface area contributed by atoms with Crippen LogP contribution in [-0.4, -0.2) is 0 Å². The van der Waals surface area contributed by atoms with Crippen LogP contribution < -0.4 is 4.90 Å². The fourth-order valence-electron chi connectivity index (χ4n) is 11.3. The number of benzene rings is 11. The standard InChI is InChI=1S/C66H47N/c1-4-21-45(22-5-1)59-43-60(46-23-6-2-7-24-46)65-57-36-17-15-33-54(57)61-42-49(39-40-58(61)66(65)64(59)47-26-8-3-9-27-47)67(63-41-48-28-11-13-31-51(48)52-32-14-16-35-56(52)63)62-38-19-18-34-55(62)53-37-20-29-44-25-10-12-30-50(44)53/h2-4,6,8-23,25-43H,1,5,7,24H2. The number of rotatable bonds is 7. The first kappa shape index (κ1) is 39.1. The average molecular weight is 854 g/mol. The SMILES string of the molecule is C1=CCCC(c2cc(C3=CCCC=C3)c(-c3ccccc3)c3c4ccc(N(c5ccccc5-c5cccc6ccccc56)c5cc6ccccc6c6ccccc56)cc4c4ccccc4c23)=C1. The van der Waals surface area contributed by atoms with E-state index in [9.17, 15) is 0 Å². The molecule has 0 aliphatic heterocycles. The third-order valence-electron chi connectivity index (χ3n) is 14.3. The van der Waals surface area contributed by atoms with Crippen molar-refractivity contribution in [2.75, 3.05) is 4.90 Å².